The van der Waals surface area contributed by atoms with E-state index in [1.807, 2.05) is 30.7 Å². The smallest absolute Gasteiger partial charge is 0.180 e. The van der Waals surface area contributed by atoms with E-state index in [0.29, 0.717) is 0 Å². The number of nitrogens with zero attached hydrogens (tertiary/aromatic N) is 5. The Labute approximate surface area is 155 Å². The zero-order valence-electron chi connectivity index (χ0n) is 14.3. The zero-order valence-corrected chi connectivity index (χ0v) is 15.1. The minimum Gasteiger partial charge on any atom is -0.468 e. The highest BCUT2D eigenvalue weighted by atomic mass is 32.1. The second kappa shape index (κ2) is 6.59. The average Bonchev–Trinajstić information content (AvgIpc) is 3.43. The van der Waals surface area contributed by atoms with Crippen molar-refractivity contribution in [1.82, 2.24) is 19.3 Å². The lowest BCUT2D eigenvalue weighted by atomic mass is 10.2. The van der Waals surface area contributed by atoms with Gasteiger partial charge in [0.1, 0.15) is 5.76 Å². The molecule has 0 bridgehead atoms. The zero-order chi connectivity index (χ0) is 17.3. The van der Waals surface area contributed by atoms with Gasteiger partial charge in [0.2, 0.25) is 0 Å². The van der Waals surface area contributed by atoms with E-state index in [9.17, 15) is 0 Å². The van der Waals surface area contributed by atoms with Crippen molar-refractivity contribution < 1.29 is 4.42 Å². The van der Waals surface area contributed by atoms with Crippen LogP contribution in [0.25, 0.3) is 16.9 Å². The Morgan fingerprint density at radius 3 is 2.81 bits per heavy atom. The molecule has 0 amide bonds. The number of aromatic nitrogens is 3. The van der Waals surface area contributed by atoms with Crippen LogP contribution in [0.1, 0.15) is 5.76 Å². The summed E-state index contributed by atoms with van der Waals surface area (Å²) in [5, 5.41) is 4.24. The van der Waals surface area contributed by atoms with Crippen molar-refractivity contribution in [3.8, 4) is 11.3 Å². The fourth-order valence-electron chi connectivity index (χ4n) is 3.49. The Kier molecular flexibility index (Phi) is 3.95. The van der Waals surface area contributed by atoms with E-state index >= 15 is 0 Å². The SMILES string of the molecule is c1coc(CN2CCN(c3nccn4c(-c5ccsc5)cnc34)CC2)c1. The Bertz CT molecular complexity index is 984. The van der Waals surface area contributed by atoms with Crippen molar-refractivity contribution in [1.29, 1.82) is 0 Å². The summed E-state index contributed by atoms with van der Waals surface area (Å²) in [6, 6.07) is 6.10. The third kappa shape index (κ3) is 2.79. The summed E-state index contributed by atoms with van der Waals surface area (Å²) in [6.45, 7) is 4.72. The molecule has 0 spiro atoms. The highest BCUT2D eigenvalue weighted by Gasteiger charge is 2.22. The molecule has 1 aliphatic heterocycles. The molecule has 4 aromatic rings. The standard InChI is InChI=1S/C19H19N5OS/c1-2-16(25-10-1)13-22-6-8-23(9-7-22)18-19-21-12-17(15-3-11-26-14-15)24(19)5-4-20-18/h1-5,10-12,14H,6-9,13H2. The summed E-state index contributed by atoms with van der Waals surface area (Å²) in [5.41, 5.74) is 3.23. The van der Waals surface area contributed by atoms with Crippen molar-refractivity contribution in [3.05, 3.63) is 59.6 Å². The number of piperazine rings is 1. The van der Waals surface area contributed by atoms with Gasteiger partial charge in [0.05, 0.1) is 24.7 Å². The molecule has 0 atom stereocenters. The van der Waals surface area contributed by atoms with E-state index in [2.05, 4.69) is 41.0 Å². The van der Waals surface area contributed by atoms with Crippen molar-refractivity contribution in [3.63, 3.8) is 0 Å². The molecule has 132 valence electrons. The van der Waals surface area contributed by atoms with Gasteiger partial charge in [-0.15, -0.1) is 0 Å². The van der Waals surface area contributed by atoms with E-state index in [1.54, 1.807) is 17.6 Å². The lowest BCUT2D eigenvalue weighted by molar-refractivity contribution is 0.230. The van der Waals surface area contributed by atoms with E-state index in [4.69, 9.17) is 4.42 Å². The molecule has 26 heavy (non-hydrogen) atoms. The number of fused-ring (bicyclic) bond motifs is 1. The van der Waals surface area contributed by atoms with Gasteiger partial charge < -0.3 is 9.32 Å². The maximum absolute atomic E-state index is 5.46. The molecule has 5 heterocycles. The van der Waals surface area contributed by atoms with Crippen LogP contribution in [0.15, 0.2) is 58.2 Å². The maximum atomic E-state index is 5.46. The van der Waals surface area contributed by atoms with Crippen LogP contribution in [-0.4, -0.2) is 45.4 Å². The van der Waals surface area contributed by atoms with Crippen LogP contribution in [-0.2, 0) is 6.54 Å². The van der Waals surface area contributed by atoms with Crippen molar-refractivity contribution >= 4 is 22.8 Å². The summed E-state index contributed by atoms with van der Waals surface area (Å²) in [5.74, 6) is 1.99. The minimum atomic E-state index is 0.865. The van der Waals surface area contributed by atoms with Crippen LogP contribution in [0.2, 0.25) is 0 Å². The van der Waals surface area contributed by atoms with E-state index in [-0.39, 0.29) is 0 Å². The Hall–Kier alpha value is -2.64. The van der Waals surface area contributed by atoms with Gasteiger partial charge >= 0.3 is 0 Å². The van der Waals surface area contributed by atoms with Crippen LogP contribution >= 0.6 is 11.3 Å². The number of anilines is 1. The van der Waals surface area contributed by atoms with Crippen molar-refractivity contribution in [2.45, 2.75) is 6.54 Å². The van der Waals surface area contributed by atoms with Crippen molar-refractivity contribution in [2.24, 2.45) is 0 Å². The van der Waals surface area contributed by atoms with Gasteiger partial charge in [-0.1, -0.05) is 0 Å². The number of hydrogen-bond acceptors (Lipinski definition) is 6. The van der Waals surface area contributed by atoms with Gasteiger partial charge in [0.25, 0.3) is 0 Å². The van der Waals surface area contributed by atoms with Gasteiger partial charge in [0, 0.05) is 49.5 Å². The van der Waals surface area contributed by atoms with Gasteiger partial charge in [-0.3, -0.25) is 9.30 Å². The summed E-state index contributed by atoms with van der Waals surface area (Å²) in [6.07, 6.45) is 7.54. The molecule has 0 aromatic carbocycles. The number of rotatable bonds is 4. The summed E-state index contributed by atoms with van der Waals surface area (Å²) in [4.78, 5) is 14.0. The lowest BCUT2D eigenvalue weighted by Crippen LogP contribution is -2.46. The van der Waals surface area contributed by atoms with E-state index < -0.39 is 0 Å². The topological polar surface area (TPSA) is 49.8 Å². The molecule has 1 saturated heterocycles. The molecule has 0 unspecified atom stereocenters. The molecule has 0 radical (unpaired) electrons. The third-order valence-corrected chi connectivity index (χ3v) is 5.54. The normalized spacial score (nSPS) is 15.8. The van der Waals surface area contributed by atoms with Crippen LogP contribution in [0, 0.1) is 0 Å². The molecule has 0 N–H and O–H groups in total. The largest absolute Gasteiger partial charge is 0.468 e. The first-order valence-corrected chi connectivity index (χ1v) is 9.67. The number of imidazole rings is 1. The van der Waals surface area contributed by atoms with Gasteiger partial charge in [-0.25, -0.2) is 9.97 Å². The highest BCUT2D eigenvalue weighted by Crippen LogP contribution is 2.27. The first-order chi connectivity index (χ1) is 12.9. The summed E-state index contributed by atoms with van der Waals surface area (Å²) >= 11 is 1.70. The van der Waals surface area contributed by atoms with Crippen LogP contribution < -0.4 is 4.90 Å². The minimum absolute atomic E-state index is 0.865. The highest BCUT2D eigenvalue weighted by molar-refractivity contribution is 7.08. The Balaban J connectivity index is 1.37. The predicted octanol–water partition coefficient (Wildman–Crippen LogP) is 3.37. The van der Waals surface area contributed by atoms with Gasteiger partial charge in [-0.2, -0.15) is 11.3 Å². The molecule has 4 aromatic heterocycles. The Morgan fingerprint density at radius 2 is 2.04 bits per heavy atom. The van der Waals surface area contributed by atoms with Crippen molar-refractivity contribution in [2.75, 3.05) is 31.1 Å². The molecule has 0 aliphatic carbocycles. The van der Waals surface area contributed by atoms with E-state index in [1.165, 1.54) is 5.56 Å². The summed E-state index contributed by atoms with van der Waals surface area (Å²) < 4.78 is 7.60. The second-order valence-electron chi connectivity index (χ2n) is 6.44. The first kappa shape index (κ1) is 15.6. The molecule has 1 fully saturated rings. The molecular weight excluding hydrogens is 346 g/mol. The average molecular weight is 365 g/mol. The molecule has 0 saturated carbocycles. The number of hydrogen-bond donors (Lipinski definition) is 0. The monoisotopic (exact) mass is 365 g/mol. The fourth-order valence-corrected chi connectivity index (χ4v) is 4.14. The summed E-state index contributed by atoms with van der Waals surface area (Å²) in [7, 11) is 0. The molecule has 5 rings (SSSR count). The first-order valence-electron chi connectivity index (χ1n) is 8.73. The third-order valence-electron chi connectivity index (χ3n) is 4.86. The second-order valence-corrected chi connectivity index (χ2v) is 7.22. The molecule has 1 aliphatic rings. The Morgan fingerprint density at radius 1 is 1.12 bits per heavy atom. The molecular formula is C19H19N5OS. The number of thiophene rings is 1. The molecule has 6 nitrogen and oxygen atoms in total. The van der Waals surface area contributed by atoms with Gasteiger partial charge in [-0.05, 0) is 23.6 Å². The van der Waals surface area contributed by atoms with Gasteiger partial charge in [0.15, 0.2) is 11.5 Å². The van der Waals surface area contributed by atoms with E-state index in [0.717, 1.165) is 55.6 Å². The molecule has 7 heteroatoms. The number of furan rings is 1. The van der Waals surface area contributed by atoms with Crippen LogP contribution in [0.3, 0.4) is 0 Å². The van der Waals surface area contributed by atoms with Crippen LogP contribution in [0.5, 0.6) is 0 Å². The van der Waals surface area contributed by atoms with Crippen LogP contribution in [0.4, 0.5) is 5.82 Å². The quantitative estimate of drug-likeness (QED) is 0.555. The predicted molar refractivity (Wildman–Crippen MR) is 102 cm³/mol. The fraction of sp³-hybridized carbons (Fsp3) is 0.263. The maximum Gasteiger partial charge on any atom is 0.180 e. The lowest BCUT2D eigenvalue weighted by Gasteiger charge is -2.34.